The molecular weight excluding hydrogens is 621 g/mol. The Kier molecular flexibility index (Phi) is 8.63. The van der Waals surface area contributed by atoms with Gasteiger partial charge in [0.15, 0.2) is 5.82 Å². The van der Waals surface area contributed by atoms with E-state index in [2.05, 4.69) is 145 Å². The average Bonchev–Trinajstić information content (AvgIpc) is 3.20. The third-order valence-corrected chi connectivity index (χ3v) is 9.14. The van der Waals surface area contributed by atoms with Crippen molar-refractivity contribution in [2.75, 3.05) is 0 Å². The van der Waals surface area contributed by atoms with E-state index in [0.717, 1.165) is 50.4 Å². The lowest BCUT2D eigenvalue weighted by Gasteiger charge is -2.18. The van der Waals surface area contributed by atoms with E-state index in [1.165, 1.54) is 32.7 Å². The highest BCUT2D eigenvalue weighted by Crippen LogP contribution is 2.42. The van der Waals surface area contributed by atoms with Gasteiger partial charge < -0.3 is 0 Å². The van der Waals surface area contributed by atoms with Gasteiger partial charge in [0, 0.05) is 41.5 Å². The molecule has 242 valence electrons. The van der Waals surface area contributed by atoms with Gasteiger partial charge in [-0.1, -0.05) is 122 Å². The van der Waals surface area contributed by atoms with Crippen molar-refractivity contribution in [2.45, 2.75) is 6.92 Å². The number of aromatic nitrogens is 4. The molecule has 0 saturated heterocycles. The van der Waals surface area contributed by atoms with Crippen molar-refractivity contribution in [1.29, 1.82) is 0 Å². The zero-order chi connectivity index (χ0) is 34.6. The minimum absolute atomic E-state index is 0.641. The van der Waals surface area contributed by atoms with Crippen LogP contribution in [0.3, 0.4) is 0 Å². The Balaban J connectivity index is 1.32. The third kappa shape index (κ3) is 6.27. The zero-order valence-electron chi connectivity index (χ0n) is 28.2. The molecule has 0 aliphatic carbocycles. The number of hydrogen-bond donors (Lipinski definition) is 0. The normalized spacial score (nSPS) is 11.9. The molecule has 8 aromatic rings. The smallest absolute Gasteiger partial charge is 0.156 e. The van der Waals surface area contributed by atoms with Gasteiger partial charge in [0.2, 0.25) is 0 Å². The molecule has 0 bridgehead atoms. The molecule has 0 spiro atoms. The van der Waals surface area contributed by atoms with E-state index < -0.39 is 0 Å². The molecule has 8 rings (SSSR count). The van der Waals surface area contributed by atoms with Crippen LogP contribution in [0.2, 0.25) is 0 Å². The zero-order valence-corrected chi connectivity index (χ0v) is 28.2. The van der Waals surface area contributed by atoms with Gasteiger partial charge in [0.05, 0.1) is 11.4 Å². The SMILES string of the molecule is C=C/C=C(\C=C(/C)c1nc(-c2cccnc2)cc(-c2cccc(-c3cccnc3)c2)n1)c1c2ccccc2c(-c2ccccc2)c2ccccc12. The average molecular weight is 655 g/mol. The minimum Gasteiger partial charge on any atom is -0.264 e. The topological polar surface area (TPSA) is 51.6 Å². The Morgan fingerprint density at radius 3 is 1.71 bits per heavy atom. The van der Waals surface area contributed by atoms with Crippen molar-refractivity contribution in [3.05, 3.63) is 194 Å². The van der Waals surface area contributed by atoms with Crippen LogP contribution >= 0.6 is 0 Å². The number of hydrogen-bond acceptors (Lipinski definition) is 4. The van der Waals surface area contributed by atoms with Gasteiger partial charge in [-0.2, -0.15) is 0 Å². The van der Waals surface area contributed by atoms with Crippen LogP contribution in [0, 0.1) is 0 Å². The molecular formula is C47H34N4. The number of allylic oxidation sites excluding steroid dienone is 5. The first-order valence-electron chi connectivity index (χ1n) is 17.0. The third-order valence-electron chi connectivity index (χ3n) is 9.14. The van der Waals surface area contributed by atoms with Gasteiger partial charge in [0.1, 0.15) is 0 Å². The molecule has 3 heterocycles. The Hall–Kier alpha value is -6.78. The molecule has 3 aromatic heterocycles. The number of pyridine rings is 2. The molecule has 0 N–H and O–H groups in total. The highest BCUT2D eigenvalue weighted by atomic mass is 14.9. The van der Waals surface area contributed by atoms with E-state index in [0.29, 0.717) is 5.82 Å². The van der Waals surface area contributed by atoms with Crippen LogP contribution in [0.4, 0.5) is 0 Å². The lowest BCUT2D eigenvalue weighted by molar-refractivity contribution is 1.12. The van der Waals surface area contributed by atoms with Crippen molar-refractivity contribution in [3.8, 4) is 44.8 Å². The van der Waals surface area contributed by atoms with Gasteiger partial charge in [-0.25, -0.2) is 9.97 Å². The fourth-order valence-electron chi connectivity index (χ4n) is 6.81. The van der Waals surface area contributed by atoms with E-state index in [1.54, 1.807) is 12.4 Å². The van der Waals surface area contributed by atoms with Crippen LogP contribution in [0.25, 0.3) is 77.5 Å². The number of nitrogens with zero attached hydrogens (tertiary/aromatic N) is 4. The Labute approximate surface area is 297 Å². The maximum Gasteiger partial charge on any atom is 0.156 e. The first-order valence-corrected chi connectivity index (χ1v) is 17.0. The van der Waals surface area contributed by atoms with Crippen molar-refractivity contribution < 1.29 is 0 Å². The molecule has 5 aromatic carbocycles. The Morgan fingerprint density at radius 1 is 0.529 bits per heavy atom. The maximum atomic E-state index is 5.18. The fraction of sp³-hybridized carbons (Fsp3) is 0.0213. The van der Waals surface area contributed by atoms with Crippen LogP contribution in [-0.2, 0) is 0 Å². The molecule has 0 aliphatic heterocycles. The summed E-state index contributed by atoms with van der Waals surface area (Å²) >= 11 is 0. The summed E-state index contributed by atoms with van der Waals surface area (Å²) in [7, 11) is 0. The molecule has 0 saturated carbocycles. The summed E-state index contributed by atoms with van der Waals surface area (Å²) in [6, 6.07) is 46.4. The van der Waals surface area contributed by atoms with Crippen LogP contribution < -0.4 is 0 Å². The van der Waals surface area contributed by atoms with Crippen molar-refractivity contribution >= 4 is 32.7 Å². The second kappa shape index (κ2) is 14.0. The van der Waals surface area contributed by atoms with Crippen molar-refractivity contribution in [2.24, 2.45) is 0 Å². The van der Waals surface area contributed by atoms with E-state index in [9.17, 15) is 0 Å². The Morgan fingerprint density at radius 2 is 1.08 bits per heavy atom. The van der Waals surface area contributed by atoms with Crippen molar-refractivity contribution in [3.63, 3.8) is 0 Å². The Bertz CT molecular complexity index is 2530. The van der Waals surface area contributed by atoms with E-state index in [4.69, 9.17) is 9.97 Å². The predicted octanol–water partition coefficient (Wildman–Crippen LogP) is 11.9. The molecule has 51 heavy (non-hydrogen) atoms. The molecule has 0 radical (unpaired) electrons. The minimum atomic E-state index is 0.641. The van der Waals surface area contributed by atoms with Gasteiger partial charge in [-0.3, -0.25) is 9.97 Å². The predicted molar refractivity (Wildman–Crippen MR) is 213 cm³/mol. The van der Waals surface area contributed by atoms with Crippen LogP contribution in [-0.4, -0.2) is 19.9 Å². The quantitative estimate of drug-likeness (QED) is 0.121. The number of fused-ring (bicyclic) bond motifs is 2. The molecule has 0 amide bonds. The van der Waals surface area contributed by atoms with Gasteiger partial charge in [-0.15, -0.1) is 0 Å². The second-order valence-electron chi connectivity index (χ2n) is 12.4. The first-order chi connectivity index (χ1) is 25.2. The molecule has 0 unspecified atom stereocenters. The molecule has 0 atom stereocenters. The summed E-state index contributed by atoms with van der Waals surface area (Å²) in [5.74, 6) is 0.641. The second-order valence-corrected chi connectivity index (χ2v) is 12.4. The number of benzene rings is 5. The first kappa shape index (κ1) is 31.5. The summed E-state index contributed by atoms with van der Waals surface area (Å²) in [6.45, 7) is 6.20. The van der Waals surface area contributed by atoms with Crippen LogP contribution in [0.1, 0.15) is 18.3 Å². The summed E-state index contributed by atoms with van der Waals surface area (Å²) in [6.07, 6.45) is 13.4. The highest BCUT2D eigenvalue weighted by Gasteiger charge is 2.18. The van der Waals surface area contributed by atoms with E-state index >= 15 is 0 Å². The molecule has 0 aliphatic rings. The molecule has 4 nitrogen and oxygen atoms in total. The summed E-state index contributed by atoms with van der Waals surface area (Å²) in [4.78, 5) is 19.0. The standard InChI is InChI=1S/C47H34N4/c1-3-14-36(46-41-23-9-7-21-39(41)45(33-15-5-4-6-16-33)40-22-8-10-24-42(40)46)27-32(2)47-50-43(29-44(51-47)38-20-13-26-49-31-38)35-18-11-17-34(28-35)37-19-12-25-48-30-37/h3-31H,1H2,2H3/b32-27+,36-14+. The highest BCUT2D eigenvalue weighted by molar-refractivity contribution is 6.19. The lowest BCUT2D eigenvalue weighted by Crippen LogP contribution is -1.99. The lowest BCUT2D eigenvalue weighted by atomic mass is 9.85. The van der Waals surface area contributed by atoms with Gasteiger partial charge in [0.25, 0.3) is 0 Å². The summed E-state index contributed by atoms with van der Waals surface area (Å²) < 4.78 is 0. The maximum absolute atomic E-state index is 5.18. The molecule has 0 fully saturated rings. The van der Waals surface area contributed by atoms with E-state index in [1.807, 2.05) is 42.7 Å². The van der Waals surface area contributed by atoms with Crippen molar-refractivity contribution in [1.82, 2.24) is 19.9 Å². The monoisotopic (exact) mass is 654 g/mol. The fourth-order valence-corrected chi connectivity index (χ4v) is 6.81. The van der Waals surface area contributed by atoms with E-state index in [-0.39, 0.29) is 0 Å². The number of rotatable bonds is 8. The summed E-state index contributed by atoms with van der Waals surface area (Å²) in [5.41, 5.74) is 11.2. The van der Waals surface area contributed by atoms with Gasteiger partial charge >= 0.3 is 0 Å². The largest absolute Gasteiger partial charge is 0.264 e. The van der Waals surface area contributed by atoms with Crippen LogP contribution in [0.5, 0.6) is 0 Å². The molecule has 4 heteroatoms. The summed E-state index contributed by atoms with van der Waals surface area (Å²) in [5, 5.41) is 4.74. The van der Waals surface area contributed by atoms with Crippen LogP contribution in [0.15, 0.2) is 183 Å². The van der Waals surface area contributed by atoms with Gasteiger partial charge in [-0.05, 0) is 98.3 Å².